The number of ether oxygens (including phenoxy) is 2. The van der Waals surface area contributed by atoms with Crippen LogP contribution in [0.5, 0.6) is 11.5 Å². The van der Waals surface area contributed by atoms with Gasteiger partial charge in [0.2, 0.25) is 5.13 Å². The summed E-state index contributed by atoms with van der Waals surface area (Å²) in [7, 11) is 3.16. The van der Waals surface area contributed by atoms with Crippen molar-refractivity contribution in [2.24, 2.45) is 0 Å². The van der Waals surface area contributed by atoms with E-state index in [-0.39, 0.29) is 5.69 Å². The van der Waals surface area contributed by atoms with Crippen LogP contribution >= 0.6 is 23.5 Å². The van der Waals surface area contributed by atoms with Gasteiger partial charge in [-0.2, -0.15) is 9.36 Å². The lowest BCUT2D eigenvalue weighted by Gasteiger charge is -2.09. The van der Waals surface area contributed by atoms with Crippen molar-refractivity contribution >= 4 is 34.3 Å². The summed E-state index contributed by atoms with van der Waals surface area (Å²) in [4.78, 5) is 15.7. The molecule has 1 heterocycles. The number of rotatable bonds is 7. The van der Waals surface area contributed by atoms with Gasteiger partial charge >= 0.3 is 0 Å². The van der Waals surface area contributed by atoms with Crippen LogP contribution in [-0.2, 0) is 0 Å². The zero-order valence-electron chi connectivity index (χ0n) is 13.8. The largest absolute Gasteiger partial charge is 0.493 e. The van der Waals surface area contributed by atoms with Crippen LogP contribution in [0, 0.1) is 10.1 Å². The summed E-state index contributed by atoms with van der Waals surface area (Å²) in [6.07, 6.45) is 0. The molecule has 26 heavy (non-hydrogen) atoms. The SMILES string of the molecule is COc1ccc(SNc2nc(-c3cccc([N+](=O)[O-])c3)ns2)cc1OC. The molecule has 1 N–H and O–H groups in total. The maximum atomic E-state index is 10.9. The van der Waals surface area contributed by atoms with E-state index in [2.05, 4.69) is 14.1 Å². The van der Waals surface area contributed by atoms with Gasteiger partial charge in [-0.25, -0.2) is 0 Å². The van der Waals surface area contributed by atoms with E-state index in [0.29, 0.717) is 28.0 Å². The minimum Gasteiger partial charge on any atom is -0.493 e. The lowest BCUT2D eigenvalue weighted by molar-refractivity contribution is -0.384. The number of nitrogens with zero attached hydrogens (tertiary/aromatic N) is 3. The number of hydrogen-bond acceptors (Lipinski definition) is 9. The molecule has 0 fully saturated rings. The molecule has 2 aromatic carbocycles. The molecule has 0 aliphatic heterocycles. The third kappa shape index (κ3) is 4.03. The van der Waals surface area contributed by atoms with Crippen LogP contribution < -0.4 is 14.2 Å². The molecule has 0 unspecified atom stereocenters. The molecular weight excluding hydrogens is 376 g/mol. The second kappa shape index (κ2) is 8.02. The predicted molar refractivity (Wildman–Crippen MR) is 101 cm³/mol. The number of nitro benzene ring substituents is 1. The van der Waals surface area contributed by atoms with Gasteiger partial charge in [0.15, 0.2) is 17.3 Å². The molecule has 0 aliphatic rings. The van der Waals surface area contributed by atoms with Gasteiger partial charge in [-0.15, -0.1) is 0 Å². The average molecular weight is 390 g/mol. The molecule has 8 nitrogen and oxygen atoms in total. The van der Waals surface area contributed by atoms with Crippen molar-refractivity contribution < 1.29 is 14.4 Å². The van der Waals surface area contributed by atoms with Gasteiger partial charge in [-0.05, 0) is 30.1 Å². The predicted octanol–water partition coefficient (Wildman–Crippen LogP) is 4.25. The van der Waals surface area contributed by atoms with Crippen LogP contribution in [0.4, 0.5) is 10.8 Å². The standard InChI is InChI=1S/C16H14N4O4S2/c1-23-13-7-6-12(9-14(13)24-2)25-19-16-17-15(18-26-16)10-4-3-5-11(8-10)20(21)22/h3-9H,1-2H3,(H,17,18,19). The lowest BCUT2D eigenvalue weighted by Crippen LogP contribution is -1.92. The first-order chi connectivity index (χ1) is 12.6. The topological polar surface area (TPSA) is 99.4 Å². The highest BCUT2D eigenvalue weighted by molar-refractivity contribution is 8.00. The Morgan fingerprint density at radius 3 is 2.69 bits per heavy atom. The van der Waals surface area contributed by atoms with E-state index in [1.54, 1.807) is 26.4 Å². The van der Waals surface area contributed by atoms with E-state index in [4.69, 9.17) is 9.47 Å². The maximum absolute atomic E-state index is 10.9. The van der Waals surface area contributed by atoms with Gasteiger partial charge in [0.1, 0.15) is 0 Å². The van der Waals surface area contributed by atoms with Crippen molar-refractivity contribution in [1.82, 2.24) is 9.36 Å². The lowest BCUT2D eigenvalue weighted by atomic mass is 10.2. The van der Waals surface area contributed by atoms with Crippen LogP contribution in [0.15, 0.2) is 47.4 Å². The van der Waals surface area contributed by atoms with Gasteiger partial charge in [-0.1, -0.05) is 12.1 Å². The molecule has 0 saturated heterocycles. The van der Waals surface area contributed by atoms with Crippen LogP contribution in [0.2, 0.25) is 0 Å². The Labute approximate surface area is 157 Å². The maximum Gasteiger partial charge on any atom is 0.270 e. The summed E-state index contributed by atoms with van der Waals surface area (Å²) in [5.74, 6) is 1.73. The molecule has 134 valence electrons. The molecule has 0 amide bonds. The molecule has 0 atom stereocenters. The smallest absolute Gasteiger partial charge is 0.270 e. The fraction of sp³-hybridized carbons (Fsp3) is 0.125. The Morgan fingerprint density at radius 2 is 1.96 bits per heavy atom. The first-order valence-corrected chi connectivity index (χ1v) is 8.93. The molecule has 3 rings (SSSR count). The monoisotopic (exact) mass is 390 g/mol. The number of benzene rings is 2. The van der Waals surface area contributed by atoms with E-state index in [9.17, 15) is 10.1 Å². The van der Waals surface area contributed by atoms with Crippen molar-refractivity contribution in [2.45, 2.75) is 4.90 Å². The molecule has 0 saturated carbocycles. The number of nitro groups is 1. The van der Waals surface area contributed by atoms with E-state index in [0.717, 1.165) is 4.90 Å². The molecule has 1 aromatic heterocycles. The second-order valence-electron chi connectivity index (χ2n) is 4.95. The third-order valence-corrected chi connectivity index (χ3v) is 4.90. The molecule has 0 spiro atoms. The summed E-state index contributed by atoms with van der Waals surface area (Å²) >= 11 is 2.53. The first-order valence-electron chi connectivity index (χ1n) is 7.34. The Bertz CT molecular complexity index is 932. The van der Waals surface area contributed by atoms with Crippen LogP contribution in [0.25, 0.3) is 11.4 Å². The second-order valence-corrected chi connectivity index (χ2v) is 6.58. The Kier molecular flexibility index (Phi) is 5.54. The van der Waals surface area contributed by atoms with Gasteiger partial charge in [0, 0.05) is 34.1 Å². The Balaban J connectivity index is 1.71. The fourth-order valence-corrected chi connectivity index (χ4v) is 3.40. The van der Waals surface area contributed by atoms with Crippen molar-refractivity contribution in [2.75, 3.05) is 18.9 Å². The molecule has 0 radical (unpaired) electrons. The molecular formula is C16H14N4O4S2. The number of methoxy groups -OCH3 is 2. The van der Waals surface area contributed by atoms with Gasteiger partial charge in [0.25, 0.3) is 5.69 Å². The van der Waals surface area contributed by atoms with Crippen molar-refractivity contribution in [1.29, 1.82) is 0 Å². The highest BCUT2D eigenvalue weighted by Gasteiger charge is 2.12. The molecule has 10 heteroatoms. The Hall–Kier alpha value is -2.85. The van der Waals surface area contributed by atoms with Crippen molar-refractivity contribution in [3.63, 3.8) is 0 Å². The summed E-state index contributed by atoms with van der Waals surface area (Å²) in [6.45, 7) is 0. The van der Waals surface area contributed by atoms with Crippen LogP contribution in [0.3, 0.4) is 0 Å². The van der Waals surface area contributed by atoms with Crippen molar-refractivity contribution in [3.8, 4) is 22.9 Å². The van der Waals surface area contributed by atoms with Crippen LogP contribution in [0.1, 0.15) is 0 Å². The minimum atomic E-state index is -0.443. The summed E-state index contributed by atoms with van der Waals surface area (Å²) in [6, 6.07) is 11.8. The normalized spacial score (nSPS) is 10.4. The van der Waals surface area contributed by atoms with E-state index < -0.39 is 4.92 Å². The van der Waals surface area contributed by atoms with Gasteiger partial charge < -0.3 is 14.2 Å². The summed E-state index contributed by atoms with van der Waals surface area (Å²) in [5.41, 5.74) is 0.603. The van der Waals surface area contributed by atoms with E-state index >= 15 is 0 Å². The zero-order valence-corrected chi connectivity index (χ0v) is 15.5. The highest BCUT2D eigenvalue weighted by atomic mass is 32.2. The van der Waals surface area contributed by atoms with Crippen LogP contribution in [-0.4, -0.2) is 28.5 Å². The van der Waals surface area contributed by atoms with Gasteiger partial charge in [-0.3, -0.25) is 10.1 Å². The zero-order chi connectivity index (χ0) is 18.5. The molecule has 3 aromatic rings. The van der Waals surface area contributed by atoms with E-state index in [1.165, 1.54) is 35.6 Å². The van der Waals surface area contributed by atoms with Gasteiger partial charge in [0.05, 0.1) is 19.1 Å². The minimum absolute atomic E-state index is 0.00603. The Morgan fingerprint density at radius 1 is 1.15 bits per heavy atom. The number of anilines is 1. The molecule has 0 bridgehead atoms. The average Bonchev–Trinajstić information content (AvgIpc) is 3.15. The number of aromatic nitrogens is 2. The van der Waals surface area contributed by atoms with E-state index in [1.807, 2.05) is 18.2 Å². The summed E-state index contributed by atoms with van der Waals surface area (Å²) < 4.78 is 17.8. The molecule has 0 aliphatic carbocycles. The fourth-order valence-electron chi connectivity index (χ4n) is 2.12. The number of hydrogen-bond donors (Lipinski definition) is 1. The third-order valence-electron chi connectivity index (χ3n) is 3.35. The number of nitrogens with one attached hydrogen (secondary N) is 1. The van der Waals surface area contributed by atoms with Crippen molar-refractivity contribution in [3.05, 3.63) is 52.6 Å². The number of non-ortho nitro benzene ring substituents is 1. The first kappa shape index (κ1) is 18.0. The highest BCUT2D eigenvalue weighted by Crippen LogP contribution is 2.33. The summed E-state index contributed by atoms with van der Waals surface area (Å²) in [5, 5.41) is 11.5. The quantitative estimate of drug-likeness (QED) is 0.363.